The Bertz CT molecular complexity index is 464. The normalized spacial score (nSPS) is 31.8. The fraction of sp³-hybridized carbons (Fsp3) is 0.500. The molecule has 2 atom stereocenters. The average molecular weight is 214 g/mol. The summed E-state index contributed by atoms with van der Waals surface area (Å²) in [6.45, 7) is 5.50. The Morgan fingerprint density at radius 3 is 3.25 bits per heavy atom. The molecule has 16 heavy (non-hydrogen) atoms. The van der Waals surface area contributed by atoms with Crippen LogP contribution in [0.25, 0.3) is 0 Å². The predicted octanol–water partition coefficient (Wildman–Crippen LogP) is 0.751. The monoisotopic (exact) mass is 214 g/mol. The van der Waals surface area contributed by atoms with Gasteiger partial charge in [-0.1, -0.05) is 6.92 Å². The van der Waals surface area contributed by atoms with E-state index in [4.69, 9.17) is 5.26 Å². The minimum Gasteiger partial charge on any atom is -0.365 e. The molecule has 82 valence electrons. The van der Waals surface area contributed by atoms with Crippen molar-refractivity contribution in [1.82, 2.24) is 10.3 Å². The Morgan fingerprint density at radius 2 is 2.50 bits per heavy atom. The van der Waals surface area contributed by atoms with Crippen molar-refractivity contribution >= 4 is 5.69 Å². The van der Waals surface area contributed by atoms with Gasteiger partial charge in [0.2, 0.25) is 0 Å². The number of nitrogens with one attached hydrogen (secondary N) is 1. The highest BCUT2D eigenvalue weighted by atomic mass is 15.3. The molecule has 4 heteroatoms. The topological polar surface area (TPSA) is 52.0 Å². The van der Waals surface area contributed by atoms with E-state index in [-0.39, 0.29) is 0 Å². The van der Waals surface area contributed by atoms with Gasteiger partial charge >= 0.3 is 0 Å². The highest BCUT2D eigenvalue weighted by Gasteiger charge is 2.52. The molecule has 0 amide bonds. The van der Waals surface area contributed by atoms with E-state index in [0.29, 0.717) is 17.0 Å². The molecule has 0 aliphatic carbocycles. The standard InChI is InChI=1S/C12H14N4/c1-12-7-15-6-11(12)16(8-12)10-2-9(3-13)4-14-5-10/h2,4-5,11,15H,6-8H2,1H3/t11-,12-/m0/s1. The lowest BCUT2D eigenvalue weighted by atomic mass is 9.75. The fourth-order valence-electron chi connectivity index (χ4n) is 2.81. The summed E-state index contributed by atoms with van der Waals surface area (Å²) >= 11 is 0. The Balaban J connectivity index is 1.87. The highest BCUT2D eigenvalue weighted by molar-refractivity contribution is 5.54. The molecular weight excluding hydrogens is 200 g/mol. The zero-order chi connectivity index (χ0) is 11.2. The lowest BCUT2D eigenvalue weighted by Gasteiger charge is -2.53. The van der Waals surface area contributed by atoms with Crippen LogP contribution in [0.5, 0.6) is 0 Å². The first-order valence-electron chi connectivity index (χ1n) is 5.55. The van der Waals surface area contributed by atoms with Crippen LogP contribution in [-0.2, 0) is 0 Å². The average Bonchev–Trinajstić information content (AvgIpc) is 2.58. The van der Waals surface area contributed by atoms with Gasteiger partial charge in [-0.25, -0.2) is 0 Å². The molecule has 4 nitrogen and oxygen atoms in total. The number of nitriles is 1. The van der Waals surface area contributed by atoms with Crippen LogP contribution in [0.15, 0.2) is 18.5 Å². The molecule has 3 heterocycles. The molecule has 0 aromatic carbocycles. The quantitative estimate of drug-likeness (QED) is 0.749. The van der Waals surface area contributed by atoms with Crippen LogP contribution in [0, 0.1) is 16.7 Å². The van der Waals surface area contributed by atoms with E-state index in [0.717, 1.165) is 25.3 Å². The number of aromatic nitrogens is 1. The second-order valence-corrected chi connectivity index (χ2v) is 4.97. The number of fused-ring (bicyclic) bond motifs is 1. The van der Waals surface area contributed by atoms with Crippen molar-refractivity contribution in [1.29, 1.82) is 5.26 Å². The van der Waals surface area contributed by atoms with E-state index < -0.39 is 0 Å². The summed E-state index contributed by atoms with van der Waals surface area (Å²) in [5, 5.41) is 12.3. The van der Waals surface area contributed by atoms with Gasteiger partial charge in [-0.3, -0.25) is 4.98 Å². The first kappa shape index (κ1) is 9.61. The summed E-state index contributed by atoms with van der Waals surface area (Å²) < 4.78 is 0. The number of nitrogens with zero attached hydrogens (tertiary/aromatic N) is 3. The first-order valence-corrected chi connectivity index (χ1v) is 5.55. The summed E-state index contributed by atoms with van der Waals surface area (Å²) in [4.78, 5) is 6.45. The summed E-state index contributed by atoms with van der Waals surface area (Å²) in [5.74, 6) is 0. The summed E-state index contributed by atoms with van der Waals surface area (Å²) in [6, 6.07) is 4.61. The molecular formula is C12H14N4. The molecule has 2 saturated heterocycles. The van der Waals surface area contributed by atoms with Crippen molar-refractivity contribution in [3.8, 4) is 6.07 Å². The van der Waals surface area contributed by atoms with Crippen LogP contribution in [0.1, 0.15) is 12.5 Å². The summed E-state index contributed by atoms with van der Waals surface area (Å²) in [6.07, 6.45) is 3.45. The molecule has 0 unspecified atom stereocenters. The molecule has 0 radical (unpaired) electrons. The Kier molecular flexibility index (Phi) is 1.92. The highest BCUT2D eigenvalue weighted by Crippen LogP contribution is 2.42. The van der Waals surface area contributed by atoms with E-state index >= 15 is 0 Å². The number of rotatable bonds is 1. The molecule has 2 fully saturated rings. The third-order valence-electron chi connectivity index (χ3n) is 3.76. The third kappa shape index (κ3) is 1.22. The summed E-state index contributed by atoms with van der Waals surface area (Å²) in [7, 11) is 0. The number of hydrogen-bond acceptors (Lipinski definition) is 4. The van der Waals surface area contributed by atoms with Crippen LogP contribution in [0.4, 0.5) is 5.69 Å². The molecule has 2 aliphatic heterocycles. The second-order valence-electron chi connectivity index (χ2n) is 4.97. The largest absolute Gasteiger partial charge is 0.365 e. The van der Waals surface area contributed by atoms with Crippen LogP contribution >= 0.6 is 0 Å². The lowest BCUT2D eigenvalue weighted by Crippen LogP contribution is -2.63. The summed E-state index contributed by atoms with van der Waals surface area (Å²) in [5.41, 5.74) is 2.12. The van der Waals surface area contributed by atoms with E-state index in [2.05, 4.69) is 28.2 Å². The van der Waals surface area contributed by atoms with Crippen molar-refractivity contribution in [2.24, 2.45) is 5.41 Å². The molecule has 1 aromatic rings. The van der Waals surface area contributed by atoms with Crippen LogP contribution in [-0.4, -0.2) is 30.7 Å². The second kappa shape index (κ2) is 3.19. The molecule has 0 saturated carbocycles. The Labute approximate surface area is 94.9 Å². The van der Waals surface area contributed by atoms with Gasteiger partial charge in [0, 0.05) is 37.3 Å². The Morgan fingerprint density at radius 1 is 1.62 bits per heavy atom. The van der Waals surface area contributed by atoms with E-state index in [9.17, 15) is 0 Å². The van der Waals surface area contributed by atoms with Crippen molar-refractivity contribution in [3.05, 3.63) is 24.0 Å². The molecule has 2 aliphatic rings. The van der Waals surface area contributed by atoms with Gasteiger partial charge in [0.25, 0.3) is 0 Å². The van der Waals surface area contributed by atoms with Crippen molar-refractivity contribution in [2.75, 3.05) is 24.5 Å². The third-order valence-corrected chi connectivity index (χ3v) is 3.76. The number of anilines is 1. The minimum absolute atomic E-state index is 0.405. The predicted molar refractivity (Wildman–Crippen MR) is 61.1 cm³/mol. The minimum atomic E-state index is 0.405. The van der Waals surface area contributed by atoms with Gasteiger partial charge in [-0.15, -0.1) is 0 Å². The Hall–Kier alpha value is -1.60. The maximum Gasteiger partial charge on any atom is 0.101 e. The number of pyridine rings is 1. The van der Waals surface area contributed by atoms with E-state index in [1.54, 1.807) is 6.20 Å². The van der Waals surface area contributed by atoms with Crippen molar-refractivity contribution in [3.63, 3.8) is 0 Å². The van der Waals surface area contributed by atoms with E-state index in [1.807, 2.05) is 12.3 Å². The van der Waals surface area contributed by atoms with Gasteiger partial charge < -0.3 is 10.2 Å². The van der Waals surface area contributed by atoms with Gasteiger partial charge in [-0.2, -0.15) is 5.26 Å². The number of hydrogen-bond donors (Lipinski definition) is 1. The van der Waals surface area contributed by atoms with Crippen LogP contribution in [0.3, 0.4) is 0 Å². The van der Waals surface area contributed by atoms with Gasteiger partial charge in [0.15, 0.2) is 0 Å². The van der Waals surface area contributed by atoms with Crippen LogP contribution in [0.2, 0.25) is 0 Å². The molecule has 1 aromatic heterocycles. The smallest absolute Gasteiger partial charge is 0.101 e. The van der Waals surface area contributed by atoms with Gasteiger partial charge in [-0.05, 0) is 6.07 Å². The zero-order valence-electron chi connectivity index (χ0n) is 9.27. The molecule has 1 N–H and O–H groups in total. The SMILES string of the molecule is C[C@@]12CNC[C@@H]1N(c1cncc(C#N)c1)C2. The first-order chi connectivity index (χ1) is 7.73. The molecule has 0 spiro atoms. The molecule has 0 bridgehead atoms. The van der Waals surface area contributed by atoms with E-state index in [1.165, 1.54) is 0 Å². The maximum absolute atomic E-state index is 8.85. The lowest BCUT2D eigenvalue weighted by molar-refractivity contribution is 0.214. The maximum atomic E-state index is 8.85. The van der Waals surface area contributed by atoms with Gasteiger partial charge in [0.1, 0.15) is 6.07 Å². The fourth-order valence-corrected chi connectivity index (χ4v) is 2.81. The van der Waals surface area contributed by atoms with Crippen LogP contribution < -0.4 is 10.2 Å². The van der Waals surface area contributed by atoms with Crippen molar-refractivity contribution < 1.29 is 0 Å². The van der Waals surface area contributed by atoms with Crippen molar-refractivity contribution in [2.45, 2.75) is 13.0 Å². The molecule has 3 rings (SSSR count). The van der Waals surface area contributed by atoms with Gasteiger partial charge in [0.05, 0.1) is 17.4 Å². The zero-order valence-corrected chi connectivity index (χ0v) is 9.27.